The van der Waals surface area contributed by atoms with E-state index in [2.05, 4.69) is 6.92 Å². The topological polar surface area (TPSA) is 63.7 Å². The molecule has 5 nitrogen and oxygen atoms in total. The summed E-state index contributed by atoms with van der Waals surface area (Å²) in [7, 11) is 0. The number of esters is 1. The summed E-state index contributed by atoms with van der Waals surface area (Å²) >= 11 is 5.88. The van der Waals surface area contributed by atoms with Crippen LogP contribution in [0.1, 0.15) is 58.9 Å². The standard InChI is InChI=1S/C23H24ClNO4/c1-2-18-7-5-6-14-25(18)21(26)15-29-23(28)20-9-4-3-8-19(20)22(27)16-10-12-17(24)13-11-16/h3-4,8-13,18H,2,5-7,14-15H2,1H3/t18-/m0/s1. The third-order valence-electron chi connectivity index (χ3n) is 5.24. The molecule has 0 saturated carbocycles. The minimum Gasteiger partial charge on any atom is -0.452 e. The van der Waals surface area contributed by atoms with Gasteiger partial charge < -0.3 is 9.64 Å². The van der Waals surface area contributed by atoms with Crippen LogP contribution in [0.25, 0.3) is 0 Å². The Morgan fingerprint density at radius 1 is 1.03 bits per heavy atom. The summed E-state index contributed by atoms with van der Waals surface area (Å²) in [5.74, 6) is -1.17. The van der Waals surface area contributed by atoms with Crippen molar-refractivity contribution in [3.8, 4) is 0 Å². The van der Waals surface area contributed by atoms with Gasteiger partial charge in [0.25, 0.3) is 5.91 Å². The predicted molar refractivity (Wildman–Crippen MR) is 111 cm³/mol. The molecule has 0 bridgehead atoms. The van der Waals surface area contributed by atoms with Crippen LogP contribution in [0.3, 0.4) is 0 Å². The van der Waals surface area contributed by atoms with E-state index in [1.54, 1.807) is 42.5 Å². The van der Waals surface area contributed by atoms with E-state index < -0.39 is 5.97 Å². The van der Waals surface area contributed by atoms with Crippen LogP contribution >= 0.6 is 11.6 Å². The fourth-order valence-electron chi connectivity index (χ4n) is 3.66. The van der Waals surface area contributed by atoms with E-state index in [1.165, 1.54) is 6.07 Å². The van der Waals surface area contributed by atoms with Crippen molar-refractivity contribution < 1.29 is 19.1 Å². The van der Waals surface area contributed by atoms with Gasteiger partial charge in [-0.15, -0.1) is 0 Å². The molecule has 0 aromatic heterocycles. The van der Waals surface area contributed by atoms with Crippen LogP contribution in [0.5, 0.6) is 0 Å². The molecule has 3 rings (SSSR count). The van der Waals surface area contributed by atoms with Gasteiger partial charge in [0.1, 0.15) is 0 Å². The van der Waals surface area contributed by atoms with Crippen LogP contribution in [-0.2, 0) is 9.53 Å². The molecular weight excluding hydrogens is 390 g/mol. The zero-order valence-corrected chi connectivity index (χ0v) is 17.2. The van der Waals surface area contributed by atoms with Crippen LogP contribution in [0.15, 0.2) is 48.5 Å². The SMILES string of the molecule is CC[C@H]1CCCCN1C(=O)COC(=O)c1ccccc1C(=O)c1ccc(Cl)cc1. The van der Waals surface area contributed by atoms with Gasteiger partial charge in [-0.3, -0.25) is 9.59 Å². The molecule has 29 heavy (non-hydrogen) atoms. The Bertz CT molecular complexity index is 894. The summed E-state index contributed by atoms with van der Waals surface area (Å²) in [6.45, 7) is 2.43. The fraction of sp³-hybridized carbons (Fsp3) is 0.348. The first-order chi connectivity index (χ1) is 14.0. The van der Waals surface area contributed by atoms with Crippen molar-refractivity contribution in [3.63, 3.8) is 0 Å². The zero-order chi connectivity index (χ0) is 20.8. The van der Waals surface area contributed by atoms with Crippen molar-refractivity contribution in [2.75, 3.05) is 13.2 Å². The number of carbonyl (C=O) groups excluding carboxylic acids is 3. The van der Waals surface area contributed by atoms with Gasteiger partial charge in [-0.1, -0.05) is 36.7 Å². The smallest absolute Gasteiger partial charge is 0.339 e. The van der Waals surface area contributed by atoms with E-state index in [1.807, 2.05) is 4.90 Å². The van der Waals surface area contributed by atoms with Gasteiger partial charge in [0.05, 0.1) is 5.56 Å². The molecule has 1 atom stereocenters. The maximum Gasteiger partial charge on any atom is 0.339 e. The van der Waals surface area contributed by atoms with Crippen LogP contribution in [0.4, 0.5) is 0 Å². The number of halogens is 1. The highest BCUT2D eigenvalue weighted by molar-refractivity contribution is 6.30. The normalized spacial score (nSPS) is 16.3. The number of nitrogens with zero attached hydrogens (tertiary/aromatic N) is 1. The minimum atomic E-state index is -0.679. The van der Waals surface area contributed by atoms with Crippen molar-refractivity contribution >= 4 is 29.3 Å². The summed E-state index contributed by atoms with van der Waals surface area (Å²) < 4.78 is 5.28. The number of benzene rings is 2. The van der Waals surface area contributed by atoms with Crippen LogP contribution < -0.4 is 0 Å². The molecule has 0 radical (unpaired) electrons. The second-order valence-electron chi connectivity index (χ2n) is 7.10. The Morgan fingerprint density at radius 2 is 1.72 bits per heavy atom. The lowest BCUT2D eigenvalue weighted by atomic mass is 9.98. The third-order valence-corrected chi connectivity index (χ3v) is 5.50. The maximum atomic E-state index is 12.8. The summed E-state index contributed by atoms with van der Waals surface area (Å²) in [4.78, 5) is 39.8. The number of likely N-dealkylation sites (tertiary alicyclic amines) is 1. The zero-order valence-electron chi connectivity index (χ0n) is 16.4. The first kappa shape index (κ1) is 21.1. The number of piperidine rings is 1. The number of amides is 1. The molecule has 2 aromatic carbocycles. The Morgan fingerprint density at radius 3 is 2.41 bits per heavy atom. The van der Waals surface area contributed by atoms with E-state index in [0.717, 1.165) is 25.7 Å². The second kappa shape index (κ2) is 9.70. The molecule has 1 aliphatic heterocycles. The quantitative estimate of drug-likeness (QED) is 0.516. The van der Waals surface area contributed by atoms with E-state index in [0.29, 0.717) is 17.1 Å². The summed E-state index contributed by atoms with van der Waals surface area (Å²) in [5, 5.41) is 0.524. The maximum absolute atomic E-state index is 12.8. The van der Waals surface area contributed by atoms with E-state index in [-0.39, 0.29) is 35.5 Å². The Balaban J connectivity index is 1.70. The lowest BCUT2D eigenvalue weighted by molar-refractivity contribution is -0.138. The third kappa shape index (κ3) is 5.04. The summed E-state index contributed by atoms with van der Waals surface area (Å²) in [5.41, 5.74) is 0.799. The second-order valence-corrected chi connectivity index (χ2v) is 7.54. The molecule has 0 aliphatic carbocycles. The average molecular weight is 414 g/mol. The van der Waals surface area contributed by atoms with Crippen LogP contribution in [-0.4, -0.2) is 41.8 Å². The average Bonchev–Trinajstić information content (AvgIpc) is 2.77. The highest BCUT2D eigenvalue weighted by Gasteiger charge is 2.26. The van der Waals surface area contributed by atoms with Crippen molar-refractivity contribution in [1.82, 2.24) is 4.90 Å². The number of carbonyl (C=O) groups is 3. The van der Waals surface area contributed by atoms with Crippen molar-refractivity contribution in [3.05, 3.63) is 70.2 Å². The molecule has 1 amide bonds. The fourth-order valence-corrected chi connectivity index (χ4v) is 3.78. The van der Waals surface area contributed by atoms with E-state index in [4.69, 9.17) is 16.3 Å². The molecule has 0 N–H and O–H groups in total. The van der Waals surface area contributed by atoms with Crippen molar-refractivity contribution in [2.45, 2.75) is 38.6 Å². The first-order valence-corrected chi connectivity index (χ1v) is 10.2. The van der Waals surface area contributed by atoms with E-state index >= 15 is 0 Å². The van der Waals surface area contributed by atoms with Crippen molar-refractivity contribution in [1.29, 1.82) is 0 Å². The van der Waals surface area contributed by atoms with Gasteiger partial charge in [0, 0.05) is 28.7 Å². The minimum absolute atomic E-state index is 0.144. The summed E-state index contributed by atoms with van der Waals surface area (Å²) in [6, 6.07) is 13.1. The number of hydrogen-bond acceptors (Lipinski definition) is 4. The molecule has 0 unspecified atom stereocenters. The molecule has 1 heterocycles. The van der Waals surface area contributed by atoms with Gasteiger partial charge in [0.2, 0.25) is 0 Å². The molecule has 152 valence electrons. The Hall–Kier alpha value is -2.66. The lowest BCUT2D eigenvalue weighted by Crippen LogP contribution is -2.45. The Labute approximate surface area is 175 Å². The van der Waals surface area contributed by atoms with E-state index in [9.17, 15) is 14.4 Å². The van der Waals surface area contributed by atoms with Gasteiger partial charge >= 0.3 is 5.97 Å². The molecule has 0 spiro atoms. The number of hydrogen-bond donors (Lipinski definition) is 0. The molecule has 6 heteroatoms. The molecular formula is C23H24ClNO4. The van der Waals surface area contributed by atoms with Crippen molar-refractivity contribution in [2.24, 2.45) is 0 Å². The molecule has 1 saturated heterocycles. The molecule has 2 aromatic rings. The number of ketones is 1. The van der Waals surface area contributed by atoms with Gasteiger partial charge in [-0.25, -0.2) is 4.79 Å². The van der Waals surface area contributed by atoms with Gasteiger partial charge in [-0.2, -0.15) is 0 Å². The first-order valence-electron chi connectivity index (χ1n) is 9.87. The highest BCUT2D eigenvalue weighted by Crippen LogP contribution is 2.20. The van der Waals surface area contributed by atoms with Crippen LogP contribution in [0.2, 0.25) is 5.02 Å². The number of rotatable bonds is 6. The molecule has 1 aliphatic rings. The Kier molecular flexibility index (Phi) is 7.04. The lowest BCUT2D eigenvalue weighted by Gasteiger charge is -2.35. The van der Waals surface area contributed by atoms with Gasteiger partial charge in [0.15, 0.2) is 12.4 Å². The van der Waals surface area contributed by atoms with Crippen LogP contribution in [0, 0.1) is 0 Å². The predicted octanol–water partition coefficient (Wildman–Crippen LogP) is 4.52. The van der Waals surface area contributed by atoms with Gasteiger partial charge in [-0.05, 0) is 56.0 Å². The number of ether oxygens (including phenoxy) is 1. The monoisotopic (exact) mass is 413 g/mol. The summed E-state index contributed by atoms with van der Waals surface area (Å²) in [6.07, 6.45) is 3.95. The largest absolute Gasteiger partial charge is 0.452 e. The highest BCUT2D eigenvalue weighted by atomic mass is 35.5. The molecule has 1 fully saturated rings.